The molecule has 0 saturated carbocycles. The lowest BCUT2D eigenvalue weighted by atomic mass is 9.96. The number of carbonyl (C=O) groups is 3. The number of carbonyl (C=O) groups excluding carboxylic acids is 3. The van der Waals surface area contributed by atoms with E-state index in [2.05, 4.69) is 26.0 Å². The number of piperazine rings is 1. The van der Waals surface area contributed by atoms with Gasteiger partial charge in [-0.2, -0.15) is 26.3 Å². The highest BCUT2D eigenvalue weighted by Crippen LogP contribution is 2.40. The molecule has 0 unspecified atom stereocenters. The minimum Gasteiger partial charge on any atom is -0.483 e. The standard InChI is InChI=1S/C29H19BrF9N3O5/c30-20-11-18(47-29(37,38)39)2-4-23(20)46-13-24(43)41-5-6-42-22(12-41)25(44)40-21-3-1-14(9-19(21)26(42)45)15-7-16(27(31,32)33)10-17(8-15)28(34,35)36/h1-4,7-11,22H,5-6,12-13H2,(H,40,44)/t22-/m0/s1. The Labute approximate surface area is 267 Å². The van der Waals surface area contributed by atoms with Crippen molar-refractivity contribution in [2.24, 2.45) is 0 Å². The predicted molar refractivity (Wildman–Crippen MR) is 148 cm³/mol. The Bertz CT molecular complexity index is 1710. The van der Waals surface area contributed by atoms with Crippen LogP contribution in [0.25, 0.3) is 11.1 Å². The summed E-state index contributed by atoms with van der Waals surface area (Å²) in [6.45, 7) is -1.11. The number of fused-ring (bicyclic) bond motifs is 2. The van der Waals surface area contributed by atoms with Gasteiger partial charge in [-0.3, -0.25) is 14.4 Å². The monoisotopic (exact) mass is 739 g/mol. The van der Waals surface area contributed by atoms with E-state index in [9.17, 15) is 53.9 Å². The third-order valence-corrected chi connectivity index (χ3v) is 7.83. The Kier molecular flexibility index (Phi) is 8.85. The molecule has 2 aliphatic heterocycles. The van der Waals surface area contributed by atoms with Crippen LogP contribution >= 0.6 is 15.9 Å². The molecule has 1 N–H and O–H groups in total. The average molecular weight is 740 g/mol. The topological polar surface area (TPSA) is 88.2 Å². The molecule has 0 spiro atoms. The number of nitrogens with zero attached hydrogens (tertiary/aromatic N) is 2. The number of anilines is 1. The van der Waals surface area contributed by atoms with Crippen LogP contribution in [0.5, 0.6) is 11.5 Å². The fraction of sp³-hybridized carbons (Fsp3) is 0.276. The molecule has 0 aliphatic carbocycles. The maximum atomic E-state index is 13.6. The van der Waals surface area contributed by atoms with Gasteiger partial charge in [-0.15, -0.1) is 13.2 Å². The SMILES string of the molecule is O=C1Nc2ccc(-c3cc(C(F)(F)F)cc(C(F)(F)F)c3)cc2C(=O)N2CCN(C(=O)COc3ccc(OC(F)(F)F)cc3Br)C[C@@H]12. The molecule has 250 valence electrons. The second kappa shape index (κ2) is 12.3. The van der Waals surface area contributed by atoms with Gasteiger partial charge in [0, 0.05) is 13.1 Å². The van der Waals surface area contributed by atoms with Gasteiger partial charge in [-0.05, 0) is 75.6 Å². The normalized spacial score (nSPS) is 17.0. The van der Waals surface area contributed by atoms with Crippen molar-refractivity contribution in [3.8, 4) is 22.6 Å². The summed E-state index contributed by atoms with van der Waals surface area (Å²) in [6, 6.07) is 6.36. The van der Waals surface area contributed by atoms with Crippen LogP contribution in [-0.2, 0) is 21.9 Å². The van der Waals surface area contributed by atoms with Crippen LogP contribution in [0.4, 0.5) is 45.2 Å². The number of halogens is 10. The molecule has 3 aromatic rings. The van der Waals surface area contributed by atoms with Crippen LogP contribution in [0.1, 0.15) is 21.5 Å². The van der Waals surface area contributed by atoms with E-state index in [0.29, 0.717) is 12.1 Å². The molecule has 47 heavy (non-hydrogen) atoms. The zero-order valence-electron chi connectivity index (χ0n) is 23.3. The summed E-state index contributed by atoms with van der Waals surface area (Å²) in [5, 5.41) is 2.52. The van der Waals surface area contributed by atoms with E-state index in [4.69, 9.17) is 4.74 Å². The van der Waals surface area contributed by atoms with Gasteiger partial charge in [0.15, 0.2) is 6.61 Å². The van der Waals surface area contributed by atoms with Crippen molar-refractivity contribution in [3.63, 3.8) is 0 Å². The van der Waals surface area contributed by atoms with Crippen molar-refractivity contribution >= 4 is 39.3 Å². The number of benzene rings is 3. The van der Waals surface area contributed by atoms with E-state index in [1.54, 1.807) is 0 Å². The number of ether oxygens (including phenoxy) is 2. The summed E-state index contributed by atoms with van der Waals surface area (Å²) >= 11 is 3.03. The van der Waals surface area contributed by atoms with Gasteiger partial charge in [0.25, 0.3) is 11.8 Å². The summed E-state index contributed by atoms with van der Waals surface area (Å²) in [5.74, 6) is -2.59. The van der Waals surface area contributed by atoms with Gasteiger partial charge >= 0.3 is 18.7 Å². The van der Waals surface area contributed by atoms with E-state index < -0.39 is 71.5 Å². The molecular weight excluding hydrogens is 721 g/mol. The molecule has 8 nitrogen and oxygen atoms in total. The molecule has 1 saturated heterocycles. The second-order valence-electron chi connectivity index (χ2n) is 10.3. The lowest BCUT2D eigenvalue weighted by Crippen LogP contribution is -2.60. The molecule has 3 aromatic carbocycles. The largest absolute Gasteiger partial charge is 0.573 e. The molecule has 1 fully saturated rings. The lowest BCUT2D eigenvalue weighted by Gasteiger charge is -2.39. The first kappa shape index (κ1) is 33.9. The average Bonchev–Trinajstić information content (AvgIpc) is 3.07. The van der Waals surface area contributed by atoms with Crippen LogP contribution in [-0.4, -0.2) is 66.2 Å². The number of nitrogens with one attached hydrogen (secondary N) is 1. The molecule has 0 radical (unpaired) electrons. The molecule has 2 aliphatic rings. The van der Waals surface area contributed by atoms with E-state index >= 15 is 0 Å². The Morgan fingerprint density at radius 2 is 1.51 bits per heavy atom. The lowest BCUT2D eigenvalue weighted by molar-refractivity contribution is -0.274. The fourth-order valence-electron chi connectivity index (χ4n) is 5.01. The number of rotatable bonds is 5. The van der Waals surface area contributed by atoms with Crippen molar-refractivity contribution in [2.75, 3.05) is 31.6 Å². The highest BCUT2D eigenvalue weighted by atomic mass is 79.9. The highest BCUT2D eigenvalue weighted by molar-refractivity contribution is 9.10. The van der Waals surface area contributed by atoms with Gasteiger partial charge in [0.2, 0.25) is 5.91 Å². The molecule has 18 heteroatoms. The van der Waals surface area contributed by atoms with Crippen molar-refractivity contribution in [2.45, 2.75) is 24.8 Å². The second-order valence-corrected chi connectivity index (χ2v) is 11.2. The molecule has 3 amide bonds. The molecule has 5 rings (SSSR count). The van der Waals surface area contributed by atoms with E-state index in [0.717, 1.165) is 29.2 Å². The van der Waals surface area contributed by atoms with E-state index in [1.165, 1.54) is 17.0 Å². The number of amides is 3. The Morgan fingerprint density at radius 3 is 2.11 bits per heavy atom. The summed E-state index contributed by atoms with van der Waals surface area (Å²) < 4.78 is 127. The number of alkyl halides is 9. The molecule has 0 bridgehead atoms. The van der Waals surface area contributed by atoms with Crippen LogP contribution in [0.3, 0.4) is 0 Å². The maximum absolute atomic E-state index is 13.6. The third-order valence-electron chi connectivity index (χ3n) is 7.21. The Balaban J connectivity index is 1.32. The molecule has 0 aromatic heterocycles. The quantitative estimate of drug-likeness (QED) is 0.293. The highest BCUT2D eigenvalue weighted by Gasteiger charge is 2.41. The van der Waals surface area contributed by atoms with Crippen LogP contribution in [0.15, 0.2) is 59.1 Å². The first-order valence-corrected chi connectivity index (χ1v) is 14.1. The zero-order chi connectivity index (χ0) is 34.5. The molecule has 2 heterocycles. The predicted octanol–water partition coefficient (Wildman–Crippen LogP) is 6.74. The van der Waals surface area contributed by atoms with Crippen molar-refractivity contribution < 1.29 is 63.4 Å². The molecular formula is C29H19BrF9N3O5. The smallest absolute Gasteiger partial charge is 0.483 e. The van der Waals surface area contributed by atoms with Crippen molar-refractivity contribution in [3.05, 3.63) is 75.8 Å². The van der Waals surface area contributed by atoms with Gasteiger partial charge < -0.3 is 24.6 Å². The summed E-state index contributed by atoms with van der Waals surface area (Å²) in [5.41, 5.74) is -3.90. The zero-order valence-corrected chi connectivity index (χ0v) is 24.9. The summed E-state index contributed by atoms with van der Waals surface area (Å²) in [7, 11) is 0. The number of hydrogen-bond donors (Lipinski definition) is 1. The fourth-order valence-corrected chi connectivity index (χ4v) is 5.48. The third kappa shape index (κ3) is 7.58. The number of hydrogen-bond acceptors (Lipinski definition) is 5. The van der Waals surface area contributed by atoms with Gasteiger partial charge in [0.05, 0.1) is 33.4 Å². The van der Waals surface area contributed by atoms with E-state index in [-0.39, 0.29) is 52.7 Å². The van der Waals surface area contributed by atoms with Crippen molar-refractivity contribution in [1.29, 1.82) is 0 Å². The van der Waals surface area contributed by atoms with E-state index in [1.807, 2.05) is 0 Å². The summed E-state index contributed by atoms with van der Waals surface area (Å²) in [4.78, 5) is 42.0. The van der Waals surface area contributed by atoms with Crippen LogP contribution in [0, 0.1) is 0 Å². The Morgan fingerprint density at radius 1 is 0.851 bits per heavy atom. The van der Waals surface area contributed by atoms with Gasteiger partial charge in [-0.25, -0.2) is 0 Å². The first-order valence-electron chi connectivity index (χ1n) is 13.3. The maximum Gasteiger partial charge on any atom is 0.573 e. The first-order chi connectivity index (χ1) is 21.8. The van der Waals surface area contributed by atoms with Crippen molar-refractivity contribution in [1.82, 2.24) is 9.80 Å². The summed E-state index contributed by atoms with van der Waals surface area (Å²) in [6.07, 6.45) is -15.1. The van der Waals surface area contributed by atoms with Crippen LogP contribution in [0.2, 0.25) is 0 Å². The minimum atomic E-state index is -5.09. The Hall–Kier alpha value is -4.48. The van der Waals surface area contributed by atoms with Crippen LogP contribution < -0.4 is 14.8 Å². The van der Waals surface area contributed by atoms with Gasteiger partial charge in [0.1, 0.15) is 17.5 Å². The van der Waals surface area contributed by atoms with Gasteiger partial charge in [-0.1, -0.05) is 6.07 Å². The minimum absolute atomic E-state index is 0.0169. The molecule has 1 atom stereocenters.